The van der Waals surface area contributed by atoms with Crippen LogP contribution in [-0.2, 0) is 23.7 Å². The van der Waals surface area contributed by atoms with Crippen LogP contribution in [0.3, 0.4) is 0 Å². The predicted molar refractivity (Wildman–Crippen MR) is 83.4 cm³/mol. The van der Waals surface area contributed by atoms with Crippen molar-refractivity contribution in [3.63, 3.8) is 0 Å². The molecule has 3 atom stereocenters. The maximum Gasteiger partial charge on any atom is 0.372 e. The van der Waals surface area contributed by atoms with Gasteiger partial charge in [0, 0.05) is 5.56 Å². The summed E-state index contributed by atoms with van der Waals surface area (Å²) in [6, 6.07) is 9.79. The Bertz CT molecular complexity index is 593. The zero-order valence-electron chi connectivity index (χ0n) is 13.0. The fourth-order valence-electron chi connectivity index (χ4n) is 2.62. The van der Waals surface area contributed by atoms with E-state index in [9.17, 15) is 4.79 Å². The van der Waals surface area contributed by atoms with Crippen molar-refractivity contribution in [2.45, 2.75) is 31.3 Å². The molecule has 0 N–H and O–H groups in total. The highest BCUT2D eigenvalue weighted by molar-refractivity contribution is 5.86. The standard InChI is InChI=1S/C18H20O5/c1-20-17(19)15-11-7-3-6-10-14-16(22-15)12-21-18(23-14)13-8-4-2-5-9-13/h2-6,8-9,11,14,16,18H,7,10,12H2,1H3/b6-3-,15-11-/t14-,16+,18+/m0/s1. The van der Waals surface area contributed by atoms with E-state index in [1.165, 1.54) is 7.11 Å². The summed E-state index contributed by atoms with van der Waals surface area (Å²) in [6.45, 7) is 0.354. The predicted octanol–water partition coefficient (Wildman–Crippen LogP) is 2.89. The number of fused-ring (bicyclic) bond motifs is 1. The monoisotopic (exact) mass is 316 g/mol. The van der Waals surface area contributed by atoms with Crippen molar-refractivity contribution >= 4 is 5.97 Å². The lowest BCUT2D eigenvalue weighted by atomic mass is 10.1. The van der Waals surface area contributed by atoms with Gasteiger partial charge >= 0.3 is 5.97 Å². The van der Waals surface area contributed by atoms with Crippen molar-refractivity contribution in [2.24, 2.45) is 0 Å². The van der Waals surface area contributed by atoms with E-state index in [-0.39, 0.29) is 18.0 Å². The van der Waals surface area contributed by atoms with Gasteiger partial charge in [-0.05, 0) is 18.9 Å². The fourth-order valence-corrected chi connectivity index (χ4v) is 2.62. The average Bonchev–Trinajstić information content (AvgIpc) is 2.71. The lowest BCUT2D eigenvalue weighted by Crippen LogP contribution is -2.42. The molecule has 3 rings (SSSR count). The molecule has 1 aromatic carbocycles. The van der Waals surface area contributed by atoms with E-state index in [1.807, 2.05) is 42.5 Å². The van der Waals surface area contributed by atoms with Gasteiger partial charge in [0.05, 0.1) is 13.7 Å². The van der Waals surface area contributed by atoms with Crippen LogP contribution < -0.4 is 0 Å². The molecule has 2 heterocycles. The number of rotatable bonds is 2. The third kappa shape index (κ3) is 3.81. The molecule has 1 aromatic rings. The molecule has 2 aliphatic heterocycles. The highest BCUT2D eigenvalue weighted by Crippen LogP contribution is 2.30. The van der Waals surface area contributed by atoms with Crippen molar-refractivity contribution in [1.29, 1.82) is 0 Å². The molecule has 0 amide bonds. The SMILES string of the molecule is COC(=O)/C1=C/C/C=C\C[C@@H]2O[C@H](c3ccccc3)OC[C@H]2O1. The van der Waals surface area contributed by atoms with Gasteiger partial charge in [0.25, 0.3) is 0 Å². The number of esters is 1. The molecular weight excluding hydrogens is 296 g/mol. The molecule has 1 saturated heterocycles. The molecular formula is C18H20O5. The summed E-state index contributed by atoms with van der Waals surface area (Å²) in [7, 11) is 1.34. The Morgan fingerprint density at radius 3 is 2.78 bits per heavy atom. The maximum absolute atomic E-state index is 11.8. The molecule has 0 spiro atoms. The molecule has 0 aliphatic carbocycles. The van der Waals surface area contributed by atoms with E-state index in [2.05, 4.69) is 0 Å². The number of allylic oxidation sites excluding steroid dienone is 2. The highest BCUT2D eigenvalue weighted by Gasteiger charge is 2.35. The van der Waals surface area contributed by atoms with Crippen LogP contribution in [0.1, 0.15) is 24.7 Å². The van der Waals surface area contributed by atoms with Crippen LogP contribution in [0.25, 0.3) is 0 Å². The van der Waals surface area contributed by atoms with Gasteiger partial charge < -0.3 is 18.9 Å². The fraction of sp³-hybridized carbons (Fsp3) is 0.389. The second-order valence-electron chi connectivity index (χ2n) is 5.41. The quantitative estimate of drug-likeness (QED) is 0.620. The van der Waals surface area contributed by atoms with Gasteiger partial charge in [0.1, 0.15) is 12.2 Å². The van der Waals surface area contributed by atoms with Crippen LogP contribution >= 0.6 is 0 Å². The van der Waals surface area contributed by atoms with Crippen molar-refractivity contribution < 1.29 is 23.7 Å². The second-order valence-corrected chi connectivity index (χ2v) is 5.41. The third-order valence-electron chi connectivity index (χ3n) is 3.84. The van der Waals surface area contributed by atoms with E-state index in [4.69, 9.17) is 18.9 Å². The molecule has 2 aliphatic rings. The summed E-state index contributed by atoms with van der Waals surface area (Å²) in [5.74, 6) is -0.274. The minimum atomic E-state index is -0.482. The number of carbonyl (C=O) groups is 1. The Hall–Kier alpha value is -2.11. The molecule has 23 heavy (non-hydrogen) atoms. The molecule has 5 heteroatoms. The topological polar surface area (TPSA) is 54.0 Å². The van der Waals surface area contributed by atoms with Crippen molar-refractivity contribution in [3.8, 4) is 0 Å². The lowest BCUT2D eigenvalue weighted by Gasteiger charge is -2.36. The Balaban J connectivity index is 1.75. The van der Waals surface area contributed by atoms with Crippen molar-refractivity contribution in [2.75, 3.05) is 13.7 Å². The molecule has 122 valence electrons. The number of hydrogen-bond donors (Lipinski definition) is 0. The van der Waals surface area contributed by atoms with Gasteiger partial charge in [-0.15, -0.1) is 0 Å². The van der Waals surface area contributed by atoms with Crippen LogP contribution in [0.5, 0.6) is 0 Å². The van der Waals surface area contributed by atoms with Gasteiger partial charge in [0.2, 0.25) is 5.76 Å². The molecule has 5 nitrogen and oxygen atoms in total. The number of benzene rings is 1. The largest absolute Gasteiger partial charge is 0.478 e. The maximum atomic E-state index is 11.8. The van der Waals surface area contributed by atoms with E-state index in [1.54, 1.807) is 6.08 Å². The number of ether oxygens (including phenoxy) is 4. The summed E-state index contributed by atoms with van der Waals surface area (Å²) in [4.78, 5) is 11.8. The summed E-state index contributed by atoms with van der Waals surface area (Å²) in [6.07, 6.45) is 6.14. The number of hydrogen-bond acceptors (Lipinski definition) is 5. The number of methoxy groups -OCH3 is 1. The summed E-state index contributed by atoms with van der Waals surface area (Å²) >= 11 is 0. The molecule has 0 bridgehead atoms. The van der Waals surface area contributed by atoms with Crippen LogP contribution in [0, 0.1) is 0 Å². The first-order valence-electron chi connectivity index (χ1n) is 7.70. The van der Waals surface area contributed by atoms with Gasteiger partial charge in [-0.2, -0.15) is 0 Å². The third-order valence-corrected chi connectivity index (χ3v) is 3.84. The van der Waals surface area contributed by atoms with Crippen molar-refractivity contribution in [3.05, 3.63) is 59.9 Å². The Kier molecular flexibility index (Phi) is 5.10. The first kappa shape index (κ1) is 15.8. The molecule has 0 radical (unpaired) electrons. The smallest absolute Gasteiger partial charge is 0.372 e. The van der Waals surface area contributed by atoms with Gasteiger partial charge in [-0.1, -0.05) is 42.5 Å². The first-order chi connectivity index (χ1) is 11.3. The zero-order chi connectivity index (χ0) is 16.1. The van der Waals surface area contributed by atoms with E-state index < -0.39 is 12.3 Å². The lowest BCUT2D eigenvalue weighted by molar-refractivity contribution is -0.258. The molecule has 0 saturated carbocycles. The Morgan fingerprint density at radius 1 is 1.17 bits per heavy atom. The highest BCUT2D eigenvalue weighted by atomic mass is 16.7. The molecule has 0 aromatic heterocycles. The van der Waals surface area contributed by atoms with Crippen LogP contribution in [0.2, 0.25) is 0 Å². The molecule has 1 fully saturated rings. The van der Waals surface area contributed by atoms with Gasteiger partial charge in [-0.25, -0.2) is 4.79 Å². The van der Waals surface area contributed by atoms with Crippen molar-refractivity contribution in [1.82, 2.24) is 0 Å². The summed E-state index contributed by atoms with van der Waals surface area (Å²) in [5.41, 5.74) is 0.971. The minimum Gasteiger partial charge on any atom is -0.478 e. The van der Waals surface area contributed by atoms with E-state index in [0.29, 0.717) is 19.4 Å². The number of carbonyl (C=O) groups excluding carboxylic acids is 1. The Morgan fingerprint density at radius 2 is 2.00 bits per heavy atom. The zero-order valence-corrected chi connectivity index (χ0v) is 13.0. The Labute approximate surface area is 135 Å². The normalized spacial score (nSPS) is 31.2. The van der Waals surface area contributed by atoms with E-state index in [0.717, 1.165) is 5.56 Å². The van der Waals surface area contributed by atoms with Gasteiger partial charge in [0.15, 0.2) is 6.29 Å². The average molecular weight is 316 g/mol. The summed E-state index contributed by atoms with van der Waals surface area (Å²) in [5, 5.41) is 0. The van der Waals surface area contributed by atoms with Gasteiger partial charge in [-0.3, -0.25) is 0 Å². The van der Waals surface area contributed by atoms with Crippen LogP contribution in [0.4, 0.5) is 0 Å². The van der Waals surface area contributed by atoms with Crippen LogP contribution in [0.15, 0.2) is 54.3 Å². The molecule has 0 unspecified atom stereocenters. The summed E-state index contributed by atoms with van der Waals surface area (Å²) < 4.78 is 22.4. The second kappa shape index (κ2) is 7.44. The first-order valence-corrected chi connectivity index (χ1v) is 7.70. The van der Waals surface area contributed by atoms with Crippen LogP contribution in [-0.4, -0.2) is 31.9 Å². The minimum absolute atomic E-state index is 0.184. The van der Waals surface area contributed by atoms with E-state index >= 15 is 0 Å².